The predicted molar refractivity (Wildman–Crippen MR) is 85.0 cm³/mol. The van der Waals surface area contributed by atoms with Crippen LogP contribution in [-0.4, -0.2) is 23.7 Å². The van der Waals surface area contributed by atoms with E-state index < -0.39 is 29.7 Å². The second-order valence-electron chi connectivity index (χ2n) is 5.37. The van der Waals surface area contributed by atoms with E-state index in [0.717, 1.165) is 17.7 Å². The first kappa shape index (κ1) is 18.0. The number of benzene rings is 2. The van der Waals surface area contributed by atoms with Gasteiger partial charge in [-0.25, -0.2) is 8.78 Å². The van der Waals surface area contributed by atoms with Crippen molar-refractivity contribution in [2.75, 3.05) is 6.54 Å². The highest BCUT2D eigenvalue weighted by Crippen LogP contribution is 2.15. The van der Waals surface area contributed by atoms with E-state index in [9.17, 15) is 18.7 Å². The van der Waals surface area contributed by atoms with E-state index >= 15 is 0 Å². The van der Waals surface area contributed by atoms with E-state index in [2.05, 4.69) is 5.32 Å². The van der Waals surface area contributed by atoms with Crippen LogP contribution in [0.4, 0.5) is 8.78 Å². The van der Waals surface area contributed by atoms with Crippen LogP contribution in [0.2, 0.25) is 0 Å². The van der Waals surface area contributed by atoms with Crippen LogP contribution in [0.1, 0.15) is 24.2 Å². The number of rotatable bonds is 7. The van der Waals surface area contributed by atoms with Gasteiger partial charge in [0.1, 0.15) is 6.10 Å². The fraction of sp³-hybridized carbons (Fsp3) is 0.278. The summed E-state index contributed by atoms with van der Waals surface area (Å²) in [6.07, 6.45) is -1.84. The van der Waals surface area contributed by atoms with Crippen molar-refractivity contribution in [1.82, 2.24) is 5.32 Å². The maximum atomic E-state index is 13.1. The lowest BCUT2D eigenvalue weighted by Crippen LogP contribution is -2.36. The molecule has 2 aromatic carbocycles. The number of amides is 1. The van der Waals surface area contributed by atoms with Gasteiger partial charge in [0.2, 0.25) is 5.91 Å². The largest absolute Gasteiger partial charge is 0.387 e. The summed E-state index contributed by atoms with van der Waals surface area (Å²) in [6.45, 7) is 1.77. The molecule has 0 spiro atoms. The van der Waals surface area contributed by atoms with Crippen LogP contribution in [0.15, 0.2) is 48.5 Å². The Morgan fingerprint density at radius 3 is 2.54 bits per heavy atom. The summed E-state index contributed by atoms with van der Waals surface area (Å²) in [5.74, 6) is -2.43. The molecule has 0 aromatic heterocycles. The third-order valence-electron chi connectivity index (χ3n) is 3.51. The molecule has 6 heteroatoms. The maximum Gasteiger partial charge on any atom is 0.248 e. The highest BCUT2D eigenvalue weighted by atomic mass is 19.2. The zero-order valence-corrected chi connectivity index (χ0v) is 13.2. The van der Waals surface area contributed by atoms with Gasteiger partial charge in [0.25, 0.3) is 0 Å². The molecule has 0 bridgehead atoms. The second-order valence-corrected chi connectivity index (χ2v) is 5.37. The zero-order valence-electron chi connectivity index (χ0n) is 13.2. The molecule has 0 radical (unpaired) electrons. The molecule has 0 aliphatic heterocycles. The number of nitrogens with one attached hydrogen (secondary N) is 1. The lowest BCUT2D eigenvalue weighted by atomic mass is 10.1. The number of ether oxygens (including phenoxy) is 1. The molecule has 24 heavy (non-hydrogen) atoms. The Kier molecular flexibility index (Phi) is 6.40. The molecule has 2 unspecified atom stereocenters. The van der Waals surface area contributed by atoms with Crippen molar-refractivity contribution >= 4 is 5.91 Å². The van der Waals surface area contributed by atoms with Gasteiger partial charge in [0, 0.05) is 6.54 Å². The van der Waals surface area contributed by atoms with Gasteiger partial charge in [-0.3, -0.25) is 4.79 Å². The zero-order chi connectivity index (χ0) is 17.5. The topological polar surface area (TPSA) is 58.6 Å². The summed E-state index contributed by atoms with van der Waals surface area (Å²) in [4.78, 5) is 11.9. The van der Waals surface area contributed by atoms with Crippen molar-refractivity contribution in [3.63, 3.8) is 0 Å². The third kappa shape index (κ3) is 5.11. The van der Waals surface area contributed by atoms with Crippen LogP contribution in [0.25, 0.3) is 0 Å². The molecule has 4 nitrogen and oxygen atoms in total. The van der Waals surface area contributed by atoms with Crippen molar-refractivity contribution in [3.05, 3.63) is 71.3 Å². The molecule has 2 N–H and O–H groups in total. The Bertz CT molecular complexity index is 679. The Morgan fingerprint density at radius 2 is 1.88 bits per heavy atom. The number of aliphatic hydroxyl groups excluding tert-OH is 1. The van der Waals surface area contributed by atoms with E-state index in [1.807, 2.05) is 30.3 Å². The quantitative estimate of drug-likeness (QED) is 0.818. The van der Waals surface area contributed by atoms with E-state index in [-0.39, 0.29) is 12.1 Å². The Balaban J connectivity index is 1.79. The van der Waals surface area contributed by atoms with Crippen LogP contribution in [0, 0.1) is 11.6 Å². The average molecular weight is 335 g/mol. The van der Waals surface area contributed by atoms with Gasteiger partial charge in [0.15, 0.2) is 11.6 Å². The van der Waals surface area contributed by atoms with Crippen LogP contribution in [0.3, 0.4) is 0 Å². The van der Waals surface area contributed by atoms with Crippen LogP contribution in [0.5, 0.6) is 0 Å². The number of hydrogen-bond acceptors (Lipinski definition) is 3. The molecule has 2 aromatic rings. The van der Waals surface area contributed by atoms with Gasteiger partial charge in [0.05, 0.1) is 12.7 Å². The number of carbonyl (C=O) groups excluding carboxylic acids is 1. The van der Waals surface area contributed by atoms with Gasteiger partial charge in [-0.05, 0) is 30.2 Å². The lowest BCUT2D eigenvalue weighted by molar-refractivity contribution is -0.132. The molecule has 1 amide bonds. The third-order valence-corrected chi connectivity index (χ3v) is 3.51. The van der Waals surface area contributed by atoms with E-state index in [1.54, 1.807) is 6.92 Å². The standard InChI is InChI=1S/C18H19F2NO3/c1-12(24-11-13-5-3-2-4-6-13)18(23)21-10-17(22)14-7-8-15(19)16(20)9-14/h2-9,12,17,22H,10-11H2,1H3,(H,21,23). The summed E-state index contributed by atoms with van der Waals surface area (Å²) >= 11 is 0. The van der Waals surface area contributed by atoms with E-state index in [4.69, 9.17) is 4.74 Å². The highest BCUT2D eigenvalue weighted by Gasteiger charge is 2.16. The fourth-order valence-corrected chi connectivity index (χ4v) is 2.05. The van der Waals surface area contributed by atoms with Gasteiger partial charge in [-0.15, -0.1) is 0 Å². The minimum Gasteiger partial charge on any atom is -0.387 e. The first-order valence-corrected chi connectivity index (χ1v) is 7.53. The van der Waals surface area contributed by atoms with Gasteiger partial charge in [-0.1, -0.05) is 36.4 Å². The second kappa shape index (κ2) is 8.52. The Morgan fingerprint density at radius 1 is 1.17 bits per heavy atom. The maximum absolute atomic E-state index is 13.1. The summed E-state index contributed by atoms with van der Waals surface area (Å²) in [5, 5.41) is 12.5. The normalized spacial score (nSPS) is 13.3. The Labute approximate surface area is 139 Å². The summed E-state index contributed by atoms with van der Waals surface area (Å²) in [7, 11) is 0. The smallest absolute Gasteiger partial charge is 0.248 e. The molecule has 0 heterocycles. The minimum atomic E-state index is -1.13. The Hall–Kier alpha value is -2.31. The lowest BCUT2D eigenvalue weighted by Gasteiger charge is -2.16. The molecule has 0 saturated heterocycles. The number of hydrogen-bond donors (Lipinski definition) is 2. The molecule has 128 valence electrons. The monoisotopic (exact) mass is 335 g/mol. The molecular formula is C18H19F2NO3. The summed E-state index contributed by atoms with van der Waals surface area (Å²) in [6, 6.07) is 12.5. The highest BCUT2D eigenvalue weighted by molar-refractivity contribution is 5.80. The molecule has 0 aliphatic rings. The van der Waals surface area contributed by atoms with Crippen LogP contribution < -0.4 is 5.32 Å². The van der Waals surface area contributed by atoms with E-state index in [0.29, 0.717) is 6.61 Å². The van der Waals surface area contributed by atoms with Crippen molar-refractivity contribution in [1.29, 1.82) is 0 Å². The molecule has 0 aliphatic carbocycles. The summed E-state index contributed by atoms with van der Waals surface area (Å²) < 4.78 is 31.5. The molecular weight excluding hydrogens is 316 g/mol. The number of carbonyl (C=O) groups is 1. The summed E-state index contributed by atoms with van der Waals surface area (Å²) in [5.41, 5.74) is 1.13. The molecule has 2 atom stereocenters. The predicted octanol–water partition coefficient (Wildman–Crippen LogP) is 2.72. The van der Waals surface area contributed by atoms with Crippen molar-refractivity contribution < 1.29 is 23.4 Å². The number of halogens is 2. The van der Waals surface area contributed by atoms with Crippen LogP contribution in [-0.2, 0) is 16.1 Å². The van der Waals surface area contributed by atoms with Crippen molar-refractivity contribution in [2.24, 2.45) is 0 Å². The number of aliphatic hydroxyl groups is 1. The molecule has 0 saturated carbocycles. The average Bonchev–Trinajstić information content (AvgIpc) is 2.60. The minimum absolute atomic E-state index is 0.122. The first-order valence-electron chi connectivity index (χ1n) is 7.53. The van der Waals surface area contributed by atoms with Crippen LogP contribution >= 0.6 is 0 Å². The SMILES string of the molecule is CC(OCc1ccccc1)C(=O)NCC(O)c1ccc(F)c(F)c1. The van der Waals surface area contributed by atoms with Crippen molar-refractivity contribution in [2.45, 2.75) is 25.7 Å². The molecule has 0 fully saturated rings. The van der Waals surface area contributed by atoms with Gasteiger partial charge < -0.3 is 15.2 Å². The van der Waals surface area contributed by atoms with Gasteiger partial charge >= 0.3 is 0 Å². The first-order chi connectivity index (χ1) is 11.5. The van der Waals surface area contributed by atoms with Crippen molar-refractivity contribution in [3.8, 4) is 0 Å². The fourth-order valence-electron chi connectivity index (χ4n) is 2.05. The van der Waals surface area contributed by atoms with Gasteiger partial charge in [-0.2, -0.15) is 0 Å². The molecule has 2 rings (SSSR count). The van der Waals surface area contributed by atoms with E-state index in [1.165, 1.54) is 6.07 Å².